The van der Waals surface area contributed by atoms with Crippen LogP contribution in [0.15, 0.2) is 18.2 Å². The minimum atomic E-state index is -0.638. The van der Waals surface area contributed by atoms with Gasteiger partial charge >= 0.3 is 5.97 Å². The highest BCUT2D eigenvalue weighted by atomic mass is 16.4. The Kier molecular flexibility index (Phi) is 2.86. The highest BCUT2D eigenvalue weighted by molar-refractivity contribution is 5.75. The van der Waals surface area contributed by atoms with Crippen LogP contribution in [-0.4, -0.2) is 11.1 Å². The zero-order chi connectivity index (χ0) is 14.5. The van der Waals surface area contributed by atoms with Crippen molar-refractivity contribution in [2.45, 2.75) is 51.4 Å². The Morgan fingerprint density at radius 1 is 1.35 bits per heavy atom. The fourth-order valence-corrected chi connectivity index (χ4v) is 4.73. The predicted molar refractivity (Wildman–Crippen MR) is 79.6 cm³/mol. The molecule has 0 bridgehead atoms. The number of nitrogens with two attached hydrogens (primary N) is 1. The summed E-state index contributed by atoms with van der Waals surface area (Å²) in [5.74, 6) is -0.434. The van der Waals surface area contributed by atoms with Crippen molar-refractivity contribution in [2.75, 3.05) is 5.73 Å². The molecule has 0 amide bonds. The van der Waals surface area contributed by atoms with Crippen LogP contribution < -0.4 is 5.73 Å². The van der Waals surface area contributed by atoms with E-state index in [1.807, 2.05) is 13.0 Å². The SMILES string of the molecule is C[C@]1(C(=O)O)CCC[C@]2(C)c3cc(N)ccc3CC[C@@H]12. The molecule has 1 fully saturated rings. The molecule has 0 heterocycles. The third-order valence-electron chi connectivity index (χ3n) is 5.87. The van der Waals surface area contributed by atoms with Gasteiger partial charge in [-0.15, -0.1) is 0 Å². The molecule has 3 N–H and O–H groups in total. The van der Waals surface area contributed by atoms with Gasteiger partial charge in [0.25, 0.3) is 0 Å². The van der Waals surface area contributed by atoms with Crippen LogP contribution >= 0.6 is 0 Å². The van der Waals surface area contributed by atoms with Crippen molar-refractivity contribution in [3.63, 3.8) is 0 Å². The van der Waals surface area contributed by atoms with Gasteiger partial charge < -0.3 is 10.8 Å². The van der Waals surface area contributed by atoms with Gasteiger partial charge in [0, 0.05) is 5.69 Å². The molecular weight excluding hydrogens is 250 g/mol. The topological polar surface area (TPSA) is 63.3 Å². The lowest BCUT2D eigenvalue weighted by Gasteiger charge is -2.53. The van der Waals surface area contributed by atoms with E-state index in [-0.39, 0.29) is 11.3 Å². The second-order valence-corrected chi connectivity index (χ2v) is 7.00. The number of fused-ring (bicyclic) bond motifs is 3. The first-order valence-electron chi connectivity index (χ1n) is 7.50. The summed E-state index contributed by atoms with van der Waals surface area (Å²) in [6, 6.07) is 6.16. The molecule has 2 aliphatic carbocycles. The normalized spacial score (nSPS) is 36.0. The molecule has 20 heavy (non-hydrogen) atoms. The second kappa shape index (κ2) is 4.24. The van der Waals surface area contributed by atoms with Crippen molar-refractivity contribution in [2.24, 2.45) is 11.3 Å². The lowest BCUT2D eigenvalue weighted by atomic mass is 9.50. The maximum Gasteiger partial charge on any atom is 0.309 e. The third-order valence-corrected chi connectivity index (χ3v) is 5.87. The van der Waals surface area contributed by atoms with Crippen LogP contribution in [0.5, 0.6) is 0 Å². The molecule has 0 aromatic heterocycles. The summed E-state index contributed by atoms with van der Waals surface area (Å²) in [5.41, 5.74) is 8.76. The lowest BCUT2D eigenvalue weighted by Crippen LogP contribution is -2.52. The standard InChI is InChI=1S/C17H23NO2/c1-16-8-3-9-17(2,15(19)20)14(16)7-5-11-4-6-12(18)10-13(11)16/h4,6,10,14H,3,5,7-9,18H2,1-2H3,(H,19,20)/t14-,16-,17+/m1/s1. The van der Waals surface area contributed by atoms with E-state index >= 15 is 0 Å². The van der Waals surface area contributed by atoms with Crippen LogP contribution in [0.2, 0.25) is 0 Å². The van der Waals surface area contributed by atoms with Crippen molar-refractivity contribution < 1.29 is 9.90 Å². The Bertz CT molecular complexity index is 568. The van der Waals surface area contributed by atoms with E-state index < -0.39 is 11.4 Å². The summed E-state index contributed by atoms with van der Waals surface area (Å²) < 4.78 is 0. The van der Waals surface area contributed by atoms with Gasteiger partial charge in [0.1, 0.15) is 0 Å². The number of rotatable bonds is 1. The monoisotopic (exact) mass is 273 g/mol. The van der Waals surface area contributed by atoms with Crippen LogP contribution in [0.25, 0.3) is 0 Å². The van der Waals surface area contributed by atoms with Crippen LogP contribution in [0.3, 0.4) is 0 Å². The molecule has 0 aliphatic heterocycles. The fourth-order valence-electron chi connectivity index (χ4n) is 4.73. The van der Waals surface area contributed by atoms with Gasteiger partial charge in [-0.3, -0.25) is 4.79 Å². The zero-order valence-electron chi connectivity index (χ0n) is 12.3. The molecule has 0 saturated heterocycles. The molecular formula is C17H23NO2. The first-order valence-corrected chi connectivity index (χ1v) is 7.50. The van der Waals surface area contributed by atoms with Gasteiger partial charge in [0.05, 0.1) is 5.41 Å². The molecule has 3 rings (SSSR count). The minimum Gasteiger partial charge on any atom is -0.481 e. The van der Waals surface area contributed by atoms with Crippen molar-refractivity contribution >= 4 is 11.7 Å². The van der Waals surface area contributed by atoms with Gasteiger partial charge in [-0.25, -0.2) is 0 Å². The Labute approximate surface area is 120 Å². The number of benzene rings is 1. The van der Waals surface area contributed by atoms with Crippen LogP contribution in [0, 0.1) is 11.3 Å². The van der Waals surface area contributed by atoms with Crippen LogP contribution in [0.1, 0.15) is 50.7 Å². The Hall–Kier alpha value is -1.51. The predicted octanol–water partition coefficient (Wildman–Crippen LogP) is 3.36. The molecule has 0 unspecified atom stereocenters. The number of carboxylic acids is 1. The first kappa shape index (κ1) is 13.5. The van der Waals surface area contributed by atoms with E-state index in [2.05, 4.69) is 19.1 Å². The zero-order valence-corrected chi connectivity index (χ0v) is 12.3. The maximum absolute atomic E-state index is 11.8. The number of carboxylic acid groups (broad SMARTS) is 1. The minimum absolute atomic E-state index is 0.0473. The van der Waals surface area contributed by atoms with E-state index in [4.69, 9.17) is 5.73 Å². The molecule has 2 aliphatic rings. The second-order valence-electron chi connectivity index (χ2n) is 7.00. The summed E-state index contributed by atoms with van der Waals surface area (Å²) in [4.78, 5) is 11.8. The highest BCUT2D eigenvalue weighted by Gasteiger charge is 2.55. The molecule has 1 saturated carbocycles. The number of aryl methyl sites for hydroxylation is 1. The molecule has 0 spiro atoms. The van der Waals surface area contributed by atoms with Crippen LogP contribution in [-0.2, 0) is 16.6 Å². The number of aliphatic carboxylic acids is 1. The summed E-state index contributed by atoms with van der Waals surface area (Å²) in [6.45, 7) is 4.18. The average molecular weight is 273 g/mol. The summed E-state index contributed by atoms with van der Waals surface area (Å²) in [7, 11) is 0. The Morgan fingerprint density at radius 3 is 2.80 bits per heavy atom. The summed E-state index contributed by atoms with van der Waals surface area (Å²) in [6.07, 6.45) is 4.77. The third kappa shape index (κ3) is 1.68. The quantitative estimate of drug-likeness (QED) is 0.771. The van der Waals surface area contributed by atoms with Gasteiger partial charge in [0.15, 0.2) is 0 Å². The largest absolute Gasteiger partial charge is 0.481 e. The van der Waals surface area contributed by atoms with Gasteiger partial charge in [0.2, 0.25) is 0 Å². The van der Waals surface area contributed by atoms with E-state index in [1.54, 1.807) is 0 Å². The van der Waals surface area contributed by atoms with Crippen molar-refractivity contribution in [1.29, 1.82) is 0 Å². The molecule has 3 heteroatoms. The highest BCUT2D eigenvalue weighted by Crippen LogP contribution is 2.57. The van der Waals surface area contributed by atoms with Gasteiger partial charge in [-0.1, -0.05) is 19.4 Å². The number of carbonyl (C=O) groups is 1. The van der Waals surface area contributed by atoms with E-state index in [0.717, 1.165) is 37.8 Å². The fraction of sp³-hybridized carbons (Fsp3) is 0.588. The van der Waals surface area contributed by atoms with E-state index in [1.165, 1.54) is 11.1 Å². The van der Waals surface area contributed by atoms with Crippen LogP contribution in [0.4, 0.5) is 5.69 Å². The Morgan fingerprint density at radius 2 is 2.10 bits per heavy atom. The van der Waals surface area contributed by atoms with Crippen molar-refractivity contribution in [1.82, 2.24) is 0 Å². The lowest BCUT2D eigenvalue weighted by molar-refractivity contribution is -0.157. The maximum atomic E-state index is 11.8. The average Bonchev–Trinajstić information content (AvgIpc) is 2.39. The first-order chi connectivity index (χ1) is 9.38. The molecule has 108 valence electrons. The number of hydrogen-bond acceptors (Lipinski definition) is 2. The molecule has 1 aromatic carbocycles. The molecule has 3 atom stereocenters. The molecule has 1 aromatic rings. The number of anilines is 1. The summed E-state index contributed by atoms with van der Waals surface area (Å²) >= 11 is 0. The molecule has 3 nitrogen and oxygen atoms in total. The number of hydrogen-bond donors (Lipinski definition) is 2. The smallest absolute Gasteiger partial charge is 0.309 e. The van der Waals surface area contributed by atoms with Crippen molar-refractivity contribution in [3.05, 3.63) is 29.3 Å². The number of nitrogen functional groups attached to an aromatic ring is 1. The van der Waals surface area contributed by atoms with Gasteiger partial charge in [-0.05, 0) is 67.2 Å². The summed E-state index contributed by atoms with van der Waals surface area (Å²) in [5, 5.41) is 9.73. The molecule has 0 radical (unpaired) electrons. The van der Waals surface area contributed by atoms with Gasteiger partial charge in [-0.2, -0.15) is 0 Å². The Balaban J connectivity index is 2.13. The van der Waals surface area contributed by atoms with Crippen molar-refractivity contribution in [3.8, 4) is 0 Å². The van der Waals surface area contributed by atoms with E-state index in [9.17, 15) is 9.90 Å². The van der Waals surface area contributed by atoms with E-state index in [0.29, 0.717) is 0 Å².